The minimum atomic E-state index is -3.49. The van der Waals surface area contributed by atoms with Gasteiger partial charge in [-0.3, -0.25) is 0 Å². The van der Waals surface area contributed by atoms with Gasteiger partial charge in [-0.1, -0.05) is 31.3 Å². The SMILES string of the molecule is Cc1noc(C)c1S(=O)(=O)N(C)CC[C@@H]1CCC[C@H](C)C1. The lowest BCUT2D eigenvalue weighted by atomic mass is 9.81. The van der Waals surface area contributed by atoms with Crippen molar-refractivity contribution in [3.05, 3.63) is 11.5 Å². The summed E-state index contributed by atoms with van der Waals surface area (Å²) in [5, 5.41) is 3.74. The minimum absolute atomic E-state index is 0.224. The molecule has 6 heteroatoms. The van der Waals surface area contributed by atoms with E-state index in [1.54, 1.807) is 20.9 Å². The molecule has 0 aliphatic heterocycles. The lowest BCUT2D eigenvalue weighted by molar-refractivity contribution is 0.257. The molecule has 0 aromatic carbocycles. The van der Waals surface area contributed by atoms with Gasteiger partial charge < -0.3 is 4.52 Å². The first-order valence-corrected chi connectivity index (χ1v) is 9.15. The molecule has 1 aliphatic rings. The third kappa shape index (κ3) is 3.66. The molecular weight excluding hydrogens is 288 g/mol. The van der Waals surface area contributed by atoms with Crippen LogP contribution in [0.1, 0.15) is 50.5 Å². The van der Waals surface area contributed by atoms with E-state index in [-0.39, 0.29) is 4.90 Å². The van der Waals surface area contributed by atoms with Crippen LogP contribution in [0, 0.1) is 25.7 Å². The van der Waals surface area contributed by atoms with E-state index in [2.05, 4.69) is 12.1 Å². The van der Waals surface area contributed by atoms with E-state index in [9.17, 15) is 8.42 Å². The summed E-state index contributed by atoms with van der Waals surface area (Å²) in [5.74, 6) is 1.79. The number of hydrogen-bond donors (Lipinski definition) is 0. The molecule has 1 fully saturated rings. The first-order chi connectivity index (χ1) is 9.82. The van der Waals surface area contributed by atoms with Crippen molar-refractivity contribution in [3.63, 3.8) is 0 Å². The van der Waals surface area contributed by atoms with Crippen LogP contribution in [0.4, 0.5) is 0 Å². The van der Waals surface area contributed by atoms with Crippen molar-refractivity contribution < 1.29 is 12.9 Å². The standard InChI is InChI=1S/C15H26N2O3S/c1-11-6-5-7-14(10-11)8-9-17(4)21(18,19)15-12(2)16-20-13(15)3/h11,14H,5-10H2,1-4H3/t11-,14-/m0/s1. The summed E-state index contributed by atoms with van der Waals surface area (Å²) in [5.41, 5.74) is 0.436. The maximum absolute atomic E-state index is 12.6. The number of rotatable bonds is 5. The molecule has 0 unspecified atom stereocenters. The Kier molecular flexibility index (Phi) is 5.09. The van der Waals surface area contributed by atoms with E-state index in [0.717, 1.165) is 12.3 Å². The third-order valence-corrected chi connectivity index (χ3v) is 6.64. The molecule has 2 atom stereocenters. The average Bonchev–Trinajstić information content (AvgIpc) is 2.76. The van der Waals surface area contributed by atoms with Crippen LogP contribution in [-0.2, 0) is 10.0 Å². The maximum atomic E-state index is 12.6. The van der Waals surface area contributed by atoms with Crippen molar-refractivity contribution in [1.82, 2.24) is 9.46 Å². The molecule has 0 saturated heterocycles. The Morgan fingerprint density at radius 2 is 2.05 bits per heavy atom. The Balaban J connectivity index is 2.01. The highest BCUT2D eigenvalue weighted by molar-refractivity contribution is 7.89. The summed E-state index contributed by atoms with van der Waals surface area (Å²) < 4.78 is 31.6. The monoisotopic (exact) mass is 314 g/mol. The fraction of sp³-hybridized carbons (Fsp3) is 0.800. The predicted molar refractivity (Wildman–Crippen MR) is 81.5 cm³/mol. The second kappa shape index (κ2) is 6.48. The maximum Gasteiger partial charge on any atom is 0.248 e. The predicted octanol–water partition coefficient (Wildman–Crippen LogP) is 3.13. The zero-order valence-electron chi connectivity index (χ0n) is 13.4. The second-order valence-electron chi connectivity index (χ2n) is 6.41. The van der Waals surface area contributed by atoms with Crippen LogP contribution in [0.15, 0.2) is 9.42 Å². The number of sulfonamides is 1. The summed E-state index contributed by atoms with van der Waals surface area (Å²) in [7, 11) is -1.85. The molecule has 2 rings (SSSR count). The number of aryl methyl sites for hydroxylation is 2. The minimum Gasteiger partial charge on any atom is -0.360 e. The number of hydrogen-bond acceptors (Lipinski definition) is 4. The molecule has 0 radical (unpaired) electrons. The largest absolute Gasteiger partial charge is 0.360 e. The summed E-state index contributed by atoms with van der Waals surface area (Å²) in [6.45, 7) is 6.16. The lowest BCUT2D eigenvalue weighted by Gasteiger charge is -2.28. The Bertz CT molecular complexity index is 560. The molecule has 0 amide bonds. The quantitative estimate of drug-likeness (QED) is 0.837. The molecule has 1 aromatic heterocycles. The van der Waals surface area contributed by atoms with Gasteiger partial charge in [-0.15, -0.1) is 0 Å². The average molecular weight is 314 g/mol. The molecule has 0 N–H and O–H groups in total. The van der Waals surface area contributed by atoms with Gasteiger partial charge in [-0.25, -0.2) is 12.7 Å². The lowest BCUT2D eigenvalue weighted by Crippen LogP contribution is -2.30. The molecule has 120 valence electrons. The van der Waals surface area contributed by atoms with E-state index < -0.39 is 10.0 Å². The Hall–Kier alpha value is -0.880. The fourth-order valence-electron chi connectivity index (χ4n) is 3.31. The molecule has 21 heavy (non-hydrogen) atoms. The van der Waals surface area contributed by atoms with Gasteiger partial charge in [-0.2, -0.15) is 0 Å². The van der Waals surface area contributed by atoms with E-state index >= 15 is 0 Å². The summed E-state index contributed by atoms with van der Waals surface area (Å²) in [4.78, 5) is 0.224. The fourth-order valence-corrected chi connectivity index (χ4v) is 4.77. The van der Waals surface area contributed by atoms with Gasteiger partial charge in [-0.05, 0) is 38.5 Å². The van der Waals surface area contributed by atoms with Crippen molar-refractivity contribution in [2.45, 2.75) is 57.8 Å². The third-order valence-electron chi connectivity index (χ3n) is 4.53. The normalized spacial score (nSPS) is 23.7. The van der Waals surface area contributed by atoms with Crippen LogP contribution in [0.25, 0.3) is 0 Å². The van der Waals surface area contributed by atoms with E-state index in [1.807, 2.05) is 0 Å². The Morgan fingerprint density at radius 3 is 2.62 bits per heavy atom. The van der Waals surface area contributed by atoms with Crippen molar-refractivity contribution in [2.75, 3.05) is 13.6 Å². The zero-order valence-corrected chi connectivity index (χ0v) is 14.2. The van der Waals surface area contributed by atoms with Crippen LogP contribution in [0.2, 0.25) is 0 Å². The van der Waals surface area contributed by atoms with E-state index in [1.165, 1.54) is 30.0 Å². The van der Waals surface area contributed by atoms with Crippen LogP contribution in [0.5, 0.6) is 0 Å². The first-order valence-electron chi connectivity index (χ1n) is 7.71. The second-order valence-corrected chi connectivity index (χ2v) is 8.39. The van der Waals surface area contributed by atoms with E-state index in [0.29, 0.717) is 23.9 Å². The van der Waals surface area contributed by atoms with Crippen molar-refractivity contribution in [3.8, 4) is 0 Å². The van der Waals surface area contributed by atoms with Gasteiger partial charge >= 0.3 is 0 Å². The molecule has 1 saturated carbocycles. The van der Waals surface area contributed by atoms with Crippen LogP contribution >= 0.6 is 0 Å². The molecular formula is C15H26N2O3S. The smallest absolute Gasteiger partial charge is 0.248 e. The molecule has 5 nitrogen and oxygen atoms in total. The van der Waals surface area contributed by atoms with Gasteiger partial charge in [0.1, 0.15) is 10.6 Å². The molecule has 1 aliphatic carbocycles. The molecule has 0 spiro atoms. The summed E-state index contributed by atoms with van der Waals surface area (Å²) in [6, 6.07) is 0. The summed E-state index contributed by atoms with van der Waals surface area (Å²) in [6.07, 6.45) is 5.96. The van der Waals surface area contributed by atoms with Gasteiger partial charge in [0, 0.05) is 13.6 Å². The molecule has 1 aromatic rings. The van der Waals surface area contributed by atoms with Crippen LogP contribution in [0.3, 0.4) is 0 Å². The van der Waals surface area contributed by atoms with Crippen molar-refractivity contribution in [2.24, 2.45) is 11.8 Å². The topological polar surface area (TPSA) is 63.4 Å². The highest BCUT2D eigenvalue weighted by Crippen LogP contribution is 2.31. The first kappa shape index (κ1) is 16.5. The van der Waals surface area contributed by atoms with Crippen molar-refractivity contribution >= 4 is 10.0 Å². The number of aromatic nitrogens is 1. The van der Waals surface area contributed by atoms with E-state index in [4.69, 9.17) is 4.52 Å². The summed E-state index contributed by atoms with van der Waals surface area (Å²) >= 11 is 0. The highest BCUT2D eigenvalue weighted by atomic mass is 32.2. The van der Waals surface area contributed by atoms with Gasteiger partial charge in [0.15, 0.2) is 5.76 Å². The van der Waals surface area contributed by atoms with Crippen LogP contribution in [-0.4, -0.2) is 31.5 Å². The Labute approximate surface area is 127 Å². The highest BCUT2D eigenvalue weighted by Gasteiger charge is 2.29. The Morgan fingerprint density at radius 1 is 1.33 bits per heavy atom. The number of nitrogens with zero attached hydrogens (tertiary/aromatic N) is 2. The van der Waals surface area contributed by atoms with Crippen molar-refractivity contribution in [1.29, 1.82) is 0 Å². The van der Waals surface area contributed by atoms with Gasteiger partial charge in [0.2, 0.25) is 10.0 Å². The zero-order chi connectivity index (χ0) is 15.6. The molecule has 1 heterocycles. The van der Waals surface area contributed by atoms with Crippen LogP contribution < -0.4 is 0 Å². The van der Waals surface area contributed by atoms with Gasteiger partial charge in [0.25, 0.3) is 0 Å². The molecule has 0 bridgehead atoms. The van der Waals surface area contributed by atoms with Gasteiger partial charge in [0.05, 0.1) is 0 Å².